The third-order valence-corrected chi connectivity index (χ3v) is 4.21. The van der Waals surface area contributed by atoms with Gasteiger partial charge in [0.1, 0.15) is 11.6 Å². The van der Waals surface area contributed by atoms with Gasteiger partial charge in [0.05, 0.1) is 14.7 Å². The van der Waals surface area contributed by atoms with Crippen molar-refractivity contribution in [3.8, 4) is 0 Å². The first kappa shape index (κ1) is 14.7. The average Bonchev–Trinajstić information content (AvgIpc) is 2.69. The van der Waals surface area contributed by atoms with Crippen molar-refractivity contribution in [2.75, 3.05) is 0 Å². The molecule has 102 valence electrons. The van der Waals surface area contributed by atoms with Crippen molar-refractivity contribution in [3.05, 3.63) is 55.7 Å². The smallest absolute Gasteiger partial charge is 0.126 e. The van der Waals surface area contributed by atoms with Gasteiger partial charge in [0.15, 0.2) is 0 Å². The molecular weight excluding hydrogens is 313 g/mol. The van der Waals surface area contributed by atoms with E-state index in [2.05, 4.69) is 5.43 Å². The van der Waals surface area contributed by atoms with Crippen LogP contribution in [-0.2, 0) is 6.42 Å². The van der Waals surface area contributed by atoms with E-state index in [9.17, 15) is 8.78 Å². The number of benzene rings is 1. The van der Waals surface area contributed by atoms with Crippen LogP contribution in [0.2, 0.25) is 8.67 Å². The minimum Gasteiger partial charge on any atom is -0.271 e. The fourth-order valence-electron chi connectivity index (χ4n) is 1.77. The minimum absolute atomic E-state index is 0.173. The second-order valence-electron chi connectivity index (χ2n) is 3.94. The lowest BCUT2D eigenvalue weighted by molar-refractivity contribution is 0.524. The molecule has 0 aliphatic rings. The van der Waals surface area contributed by atoms with E-state index in [1.807, 2.05) is 0 Å². The Labute approximate surface area is 123 Å². The maximum atomic E-state index is 13.6. The van der Waals surface area contributed by atoms with Crippen molar-refractivity contribution in [2.45, 2.75) is 12.5 Å². The third kappa shape index (κ3) is 3.43. The molecule has 1 aromatic heterocycles. The van der Waals surface area contributed by atoms with Gasteiger partial charge in [-0.3, -0.25) is 11.3 Å². The number of halogens is 4. The highest BCUT2D eigenvalue weighted by atomic mass is 35.5. The summed E-state index contributed by atoms with van der Waals surface area (Å²) in [6, 6.07) is 4.52. The highest BCUT2D eigenvalue weighted by Crippen LogP contribution is 2.36. The summed E-state index contributed by atoms with van der Waals surface area (Å²) in [4.78, 5) is 0. The first-order valence-electron chi connectivity index (χ1n) is 5.36. The van der Waals surface area contributed by atoms with Crippen LogP contribution < -0.4 is 11.3 Å². The summed E-state index contributed by atoms with van der Waals surface area (Å²) < 4.78 is 27.7. The largest absolute Gasteiger partial charge is 0.271 e. The molecule has 0 fully saturated rings. The Morgan fingerprint density at radius 1 is 1.26 bits per heavy atom. The van der Waals surface area contributed by atoms with E-state index in [0.717, 1.165) is 18.2 Å². The molecular formula is C12H10Cl2F2N2S. The van der Waals surface area contributed by atoms with Crippen molar-refractivity contribution in [1.82, 2.24) is 5.43 Å². The van der Waals surface area contributed by atoms with Crippen molar-refractivity contribution < 1.29 is 8.78 Å². The van der Waals surface area contributed by atoms with E-state index in [-0.39, 0.29) is 12.0 Å². The van der Waals surface area contributed by atoms with E-state index >= 15 is 0 Å². The molecule has 0 saturated carbocycles. The SMILES string of the molecule is NNC(Cc1cc(F)ccc1F)c1cc(Cl)sc1Cl. The van der Waals surface area contributed by atoms with Gasteiger partial charge in [-0.1, -0.05) is 23.2 Å². The van der Waals surface area contributed by atoms with Crippen LogP contribution in [0.25, 0.3) is 0 Å². The second kappa shape index (κ2) is 6.15. The first-order chi connectivity index (χ1) is 9.01. The zero-order chi connectivity index (χ0) is 14.0. The quantitative estimate of drug-likeness (QED) is 0.657. The van der Waals surface area contributed by atoms with Crippen LogP contribution in [0.1, 0.15) is 17.2 Å². The molecule has 19 heavy (non-hydrogen) atoms. The molecule has 2 rings (SSSR count). The lowest BCUT2D eigenvalue weighted by Crippen LogP contribution is -2.29. The first-order valence-corrected chi connectivity index (χ1v) is 6.93. The molecule has 0 bridgehead atoms. The Morgan fingerprint density at radius 2 is 2.00 bits per heavy atom. The van der Waals surface area contributed by atoms with Gasteiger partial charge in [-0.05, 0) is 36.2 Å². The van der Waals surface area contributed by atoms with Gasteiger partial charge < -0.3 is 0 Å². The molecule has 0 aliphatic carbocycles. The number of hydrogen-bond acceptors (Lipinski definition) is 3. The highest BCUT2D eigenvalue weighted by molar-refractivity contribution is 7.20. The molecule has 2 nitrogen and oxygen atoms in total. The van der Waals surface area contributed by atoms with Crippen molar-refractivity contribution in [3.63, 3.8) is 0 Å². The van der Waals surface area contributed by atoms with Crippen molar-refractivity contribution in [2.24, 2.45) is 5.84 Å². The normalized spacial score (nSPS) is 12.7. The van der Waals surface area contributed by atoms with Crippen molar-refractivity contribution >= 4 is 34.5 Å². The van der Waals surface area contributed by atoms with Gasteiger partial charge in [0, 0.05) is 5.56 Å². The molecule has 1 heterocycles. The average molecular weight is 323 g/mol. The Hall–Kier alpha value is -0.720. The van der Waals surface area contributed by atoms with Crippen LogP contribution >= 0.6 is 34.5 Å². The predicted molar refractivity (Wildman–Crippen MR) is 74.5 cm³/mol. The summed E-state index contributed by atoms with van der Waals surface area (Å²) in [5, 5.41) is 0. The Kier molecular flexibility index (Phi) is 4.76. The number of nitrogens with one attached hydrogen (secondary N) is 1. The molecule has 0 amide bonds. The van der Waals surface area contributed by atoms with Crippen LogP contribution in [0.15, 0.2) is 24.3 Å². The summed E-state index contributed by atoms with van der Waals surface area (Å²) >= 11 is 13.1. The lowest BCUT2D eigenvalue weighted by Gasteiger charge is -2.16. The monoisotopic (exact) mass is 322 g/mol. The molecule has 3 N–H and O–H groups in total. The number of hydrazine groups is 1. The zero-order valence-electron chi connectivity index (χ0n) is 9.59. The van der Waals surface area contributed by atoms with E-state index in [1.165, 1.54) is 11.3 Å². The van der Waals surface area contributed by atoms with Gasteiger partial charge in [-0.15, -0.1) is 11.3 Å². The topological polar surface area (TPSA) is 38.0 Å². The molecule has 0 aliphatic heterocycles. The fourth-order valence-corrected chi connectivity index (χ4v) is 3.35. The van der Waals surface area contributed by atoms with Gasteiger partial charge in [0.2, 0.25) is 0 Å². The molecule has 1 aromatic carbocycles. The van der Waals surface area contributed by atoms with Crippen LogP contribution in [-0.4, -0.2) is 0 Å². The number of rotatable bonds is 4. The number of hydrogen-bond donors (Lipinski definition) is 2. The summed E-state index contributed by atoms with van der Waals surface area (Å²) in [6.45, 7) is 0. The molecule has 7 heteroatoms. The Balaban J connectivity index is 2.29. The molecule has 0 saturated heterocycles. The van der Waals surface area contributed by atoms with E-state index in [4.69, 9.17) is 29.0 Å². The second-order valence-corrected chi connectivity index (χ2v) is 6.22. The van der Waals surface area contributed by atoms with Gasteiger partial charge in [0.25, 0.3) is 0 Å². The maximum Gasteiger partial charge on any atom is 0.126 e. The van der Waals surface area contributed by atoms with E-state index in [1.54, 1.807) is 6.07 Å². The number of nitrogens with two attached hydrogens (primary N) is 1. The molecule has 1 atom stereocenters. The Morgan fingerprint density at radius 3 is 2.58 bits per heavy atom. The summed E-state index contributed by atoms with van der Waals surface area (Å²) in [6.07, 6.45) is 0.173. The Bertz CT molecular complexity index is 589. The van der Waals surface area contributed by atoms with Gasteiger partial charge >= 0.3 is 0 Å². The summed E-state index contributed by atoms with van der Waals surface area (Å²) in [7, 11) is 0. The minimum atomic E-state index is -0.499. The predicted octanol–water partition coefficient (Wildman–Crippen LogP) is 4.08. The van der Waals surface area contributed by atoms with Gasteiger partial charge in [-0.2, -0.15) is 0 Å². The van der Waals surface area contributed by atoms with Gasteiger partial charge in [-0.25, -0.2) is 8.78 Å². The number of thiophene rings is 1. The third-order valence-electron chi connectivity index (χ3n) is 2.69. The molecule has 2 aromatic rings. The standard InChI is InChI=1S/C12H10Cl2F2N2S/c13-11-5-8(12(14)19-11)10(18-17)4-6-3-7(15)1-2-9(6)16/h1-3,5,10,18H,4,17H2. The molecule has 0 spiro atoms. The molecule has 0 radical (unpaired) electrons. The maximum absolute atomic E-state index is 13.6. The zero-order valence-corrected chi connectivity index (χ0v) is 11.9. The summed E-state index contributed by atoms with van der Waals surface area (Å²) in [5.41, 5.74) is 3.43. The fraction of sp³-hybridized carbons (Fsp3) is 0.167. The summed E-state index contributed by atoms with van der Waals surface area (Å²) in [5.74, 6) is 4.47. The lowest BCUT2D eigenvalue weighted by atomic mass is 10.0. The van der Waals surface area contributed by atoms with Crippen LogP contribution in [0.3, 0.4) is 0 Å². The van der Waals surface area contributed by atoms with Crippen LogP contribution in [0.5, 0.6) is 0 Å². The highest BCUT2D eigenvalue weighted by Gasteiger charge is 2.18. The van der Waals surface area contributed by atoms with E-state index < -0.39 is 17.7 Å². The van der Waals surface area contributed by atoms with Crippen molar-refractivity contribution in [1.29, 1.82) is 0 Å². The van der Waals surface area contributed by atoms with Crippen LogP contribution in [0, 0.1) is 11.6 Å². The molecule has 1 unspecified atom stereocenters. The van der Waals surface area contributed by atoms with E-state index in [0.29, 0.717) is 14.2 Å². The van der Waals surface area contributed by atoms with Crippen LogP contribution in [0.4, 0.5) is 8.78 Å².